The first-order chi connectivity index (χ1) is 0. The zero-order valence-corrected chi connectivity index (χ0v) is 7.36. The van der Waals surface area contributed by atoms with Crippen LogP contribution in [0.2, 0.25) is 0 Å². The van der Waals surface area contributed by atoms with E-state index in [-0.39, 0.29) is 72.7 Å². The summed E-state index contributed by atoms with van der Waals surface area (Å²) in [5, 5.41) is 0. The van der Waals surface area contributed by atoms with Crippen molar-refractivity contribution in [1.82, 2.24) is 0 Å². The van der Waals surface area contributed by atoms with Crippen LogP contribution in [-0.4, -0.2) is 69.8 Å². The fourth-order valence-electron chi connectivity index (χ4n) is 0. The van der Waals surface area contributed by atoms with Crippen molar-refractivity contribution in [1.29, 1.82) is 0 Å². The Morgan fingerprint density at radius 1 is 1.25 bits per heavy atom. The minimum absolute atomic E-state index is 0. The van der Waals surface area contributed by atoms with Crippen molar-refractivity contribution < 1.29 is 8.33 Å². The predicted molar refractivity (Wildman–Crippen MR) is 30.1 cm³/mol. The molecule has 0 saturated carbocycles. The molecule has 0 aromatic heterocycles. The Bertz CT molecular complexity index is 13.5. The average Bonchev–Trinajstić information content (AvgIpc) is 0. The minimum atomic E-state index is 0. The molecule has 0 aliphatic rings. The molecule has 0 unspecified atom stereocenters. The molecule has 2 N–H and O–H groups in total. The molecule has 0 aromatic carbocycles. The zero-order chi connectivity index (χ0) is 0. The van der Waals surface area contributed by atoms with Gasteiger partial charge in [-0.05, 0) is 0 Å². The SMILES string of the molecule is O.[AlH3].[H-].[H-].[Mg+2].[SnH2]. The molecule has 4 heavy (non-hydrogen) atoms. The molecule has 0 saturated heterocycles. The molecule has 0 fully saturated rings. The Balaban J connectivity index is 0. The number of hydrogen-bond acceptors (Lipinski definition) is 0. The summed E-state index contributed by atoms with van der Waals surface area (Å²) in [6, 6.07) is 0. The Morgan fingerprint density at radius 2 is 1.25 bits per heavy atom. The van der Waals surface area contributed by atoms with Crippen LogP contribution in [0.1, 0.15) is 2.85 Å². The Labute approximate surface area is 72.0 Å². The van der Waals surface area contributed by atoms with Gasteiger partial charge in [-0.15, -0.1) is 0 Å². The van der Waals surface area contributed by atoms with Crippen LogP contribution in [0.3, 0.4) is 0 Å². The summed E-state index contributed by atoms with van der Waals surface area (Å²) >= 11 is 0. The van der Waals surface area contributed by atoms with E-state index >= 15 is 0 Å². The van der Waals surface area contributed by atoms with Gasteiger partial charge < -0.3 is 8.33 Å². The second-order valence-corrected chi connectivity index (χ2v) is 0. The van der Waals surface area contributed by atoms with Gasteiger partial charge in [0.05, 0.1) is 0 Å². The van der Waals surface area contributed by atoms with Gasteiger partial charge in [0.1, 0.15) is 0 Å². The first-order valence-corrected chi connectivity index (χ1v) is 0. The van der Waals surface area contributed by atoms with Crippen molar-refractivity contribution in [2.75, 3.05) is 0 Å². The molecule has 0 rings (SSSR count). The van der Waals surface area contributed by atoms with Gasteiger partial charge in [-0.25, -0.2) is 0 Å². The average molecular weight is 195 g/mol. The van der Waals surface area contributed by atoms with Crippen LogP contribution in [0.15, 0.2) is 0 Å². The summed E-state index contributed by atoms with van der Waals surface area (Å²) < 4.78 is 0. The summed E-state index contributed by atoms with van der Waals surface area (Å²) in [5.41, 5.74) is 0. The normalized spacial score (nSPS) is 0. The van der Waals surface area contributed by atoms with Gasteiger partial charge in [-0.2, -0.15) is 0 Å². The van der Waals surface area contributed by atoms with E-state index in [4.69, 9.17) is 0 Å². The molecule has 0 spiro atoms. The van der Waals surface area contributed by atoms with Crippen molar-refractivity contribution in [3.63, 3.8) is 0 Å². The molecule has 24 valence electrons. The molecule has 0 aliphatic heterocycles. The van der Waals surface area contributed by atoms with E-state index < -0.39 is 0 Å². The summed E-state index contributed by atoms with van der Waals surface area (Å²) in [6.07, 6.45) is 0. The van der Waals surface area contributed by atoms with Crippen LogP contribution in [0.4, 0.5) is 0 Å². The van der Waals surface area contributed by atoms with Gasteiger partial charge in [-0.1, -0.05) is 0 Å². The van der Waals surface area contributed by atoms with Gasteiger partial charge >= 0.3 is 47.0 Å². The summed E-state index contributed by atoms with van der Waals surface area (Å²) in [7, 11) is 0. The van der Waals surface area contributed by atoms with Gasteiger partial charge in [0.15, 0.2) is 17.4 Å². The van der Waals surface area contributed by atoms with Crippen molar-refractivity contribution >= 4 is 64.3 Å². The topological polar surface area (TPSA) is 31.5 Å². The van der Waals surface area contributed by atoms with Gasteiger partial charge in [0.2, 0.25) is 0 Å². The van der Waals surface area contributed by atoms with E-state index in [1.165, 1.54) is 0 Å². The molecule has 0 amide bonds. The van der Waals surface area contributed by atoms with Crippen LogP contribution in [-0.2, 0) is 0 Å². The van der Waals surface area contributed by atoms with E-state index in [0.717, 1.165) is 0 Å². The third-order valence-electron chi connectivity index (χ3n) is 0. The second kappa shape index (κ2) is 19.7. The number of rotatable bonds is 0. The van der Waals surface area contributed by atoms with Crippen LogP contribution in [0, 0.1) is 0 Å². The van der Waals surface area contributed by atoms with Gasteiger partial charge in [0, 0.05) is 0 Å². The molecule has 0 bridgehead atoms. The molecule has 0 atom stereocenters. The van der Waals surface area contributed by atoms with E-state index in [1.807, 2.05) is 0 Å². The maximum absolute atomic E-state index is 0. The van der Waals surface area contributed by atoms with Crippen LogP contribution in [0.25, 0.3) is 0 Å². The van der Waals surface area contributed by atoms with E-state index in [1.54, 1.807) is 0 Å². The third-order valence-corrected chi connectivity index (χ3v) is 0. The maximum atomic E-state index is 0. The Kier molecular flexibility index (Phi) is 180. The monoisotopic (exact) mass is 196 g/mol. The molecular weight excluding hydrogens is 186 g/mol. The summed E-state index contributed by atoms with van der Waals surface area (Å²) in [4.78, 5) is 0. The predicted octanol–water partition coefficient (Wildman–Crippen LogP) is -3.08. The van der Waals surface area contributed by atoms with Gasteiger partial charge in [0.25, 0.3) is 0 Å². The van der Waals surface area contributed by atoms with Crippen molar-refractivity contribution in [3.05, 3.63) is 0 Å². The van der Waals surface area contributed by atoms with Crippen molar-refractivity contribution in [3.8, 4) is 0 Å². The molecule has 0 heterocycles. The molecule has 0 aromatic rings. The van der Waals surface area contributed by atoms with Crippen LogP contribution < -0.4 is 0 Å². The second-order valence-electron chi connectivity index (χ2n) is 0. The molecule has 4 heteroatoms. The van der Waals surface area contributed by atoms with E-state index in [9.17, 15) is 0 Å². The van der Waals surface area contributed by atoms with Crippen molar-refractivity contribution in [2.45, 2.75) is 0 Å². The van der Waals surface area contributed by atoms with Crippen molar-refractivity contribution in [2.24, 2.45) is 0 Å². The fourth-order valence-corrected chi connectivity index (χ4v) is 0. The quantitative estimate of drug-likeness (QED) is 0.367. The van der Waals surface area contributed by atoms with Crippen LogP contribution in [0.5, 0.6) is 0 Å². The number of hydrogen-bond donors (Lipinski definition) is 0. The molecule has 1 nitrogen and oxygen atoms in total. The van der Waals surface area contributed by atoms with E-state index in [2.05, 4.69) is 0 Å². The Hall–Kier alpha value is 2.06. The Morgan fingerprint density at radius 3 is 1.25 bits per heavy atom. The van der Waals surface area contributed by atoms with Crippen LogP contribution >= 0.6 is 0 Å². The molecule has 2 radical (unpaired) electrons. The molecular formula is H9AlMgOSn. The first-order valence-electron chi connectivity index (χ1n) is 0. The standard InChI is InChI=1S/Al.Mg.H2O.Sn.7H/h;;1H2;;;;;;;;/q;+2;;;;;;;;2*-1. The third kappa shape index (κ3) is 8.96. The fraction of sp³-hybridized carbons (Fsp3) is 0. The van der Waals surface area contributed by atoms with E-state index in [0.29, 0.717) is 0 Å². The van der Waals surface area contributed by atoms with Gasteiger partial charge in [-0.3, -0.25) is 0 Å². The summed E-state index contributed by atoms with van der Waals surface area (Å²) in [6.45, 7) is 0. The first kappa shape index (κ1) is 36.6. The molecule has 0 aliphatic carbocycles. The summed E-state index contributed by atoms with van der Waals surface area (Å²) in [5.74, 6) is 0. The zero-order valence-electron chi connectivity index (χ0n) is 3.91.